The van der Waals surface area contributed by atoms with Crippen molar-refractivity contribution >= 4 is 35.0 Å². The number of ether oxygens (including phenoxy) is 1. The molecule has 3 aromatic rings. The van der Waals surface area contributed by atoms with Crippen LogP contribution in [0.1, 0.15) is 0 Å². The number of benzene rings is 2. The number of hydrogen-bond acceptors (Lipinski definition) is 4. The van der Waals surface area contributed by atoms with E-state index in [4.69, 9.17) is 16.3 Å². The van der Waals surface area contributed by atoms with Crippen molar-refractivity contribution in [3.8, 4) is 11.4 Å². The zero-order valence-corrected chi connectivity index (χ0v) is 15.0. The first-order chi connectivity index (χ1) is 12.2. The van der Waals surface area contributed by atoms with Crippen LogP contribution in [0.3, 0.4) is 0 Å². The number of rotatable bonds is 6. The standard InChI is InChI=1S/C17H15ClN4O2S/c1-24-15-8-7-12(9-14(15)18)21-16(23)10-25-17-19-11-20-22(17)13-5-3-2-4-6-13/h2-9,11H,10H2,1H3,(H,21,23)/p+1. The average Bonchev–Trinajstić information content (AvgIpc) is 3.09. The molecule has 128 valence electrons. The van der Waals surface area contributed by atoms with E-state index >= 15 is 0 Å². The Morgan fingerprint density at radius 2 is 2.12 bits per heavy atom. The topological polar surface area (TPSA) is 70.9 Å². The molecule has 0 aliphatic heterocycles. The molecule has 3 rings (SSSR count). The minimum absolute atomic E-state index is 0.145. The largest absolute Gasteiger partial charge is 0.495 e. The van der Waals surface area contributed by atoms with Gasteiger partial charge < -0.3 is 10.1 Å². The molecule has 2 N–H and O–H groups in total. The molecule has 0 bridgehead atoms. The van der Waals surface area contributed by atoms with Gasteiger partial charge in [0.1, 0.15) is 5.75 Å². The van der Waals surface area contributed by atoms with Crippen molar-refractivity contribution in [3.63, 3.8) is 0 Å². The Bertz CT molecular complexity index is 870. The smallest absolute Gasteiger partial charge is 0.385 e. The van der Waals surface area contributed by atoms with Crippen molar-refractivity contribution in [1.29, 1.82) is 0 Å². The van der Waals surface area contributed by atoms with Crippen LogP contribution in [0.25, 0.3) is 5.69 Å². The van der Waals surface area contributed by atoms with E-state index in [9.17, 15) is 4.79 Å². The first-order valence-electron chi connectivity index (χ1n) is 7.44. The zero-order valence-electron chi connectivity index (χ0n) is 13.4. The van der Waals surface area contributed by atoms with E-state index in [0.717, 1.165) is 5.69 Å². The van der Waals surface area contributed by atoms with E-state index in [2.05, 4.69) is 15.4 Å². The molecule has 1 aromatic heterocycles. The van der Waals surface area contributed by atoms with Crippen LogP contribution in [0, 0.1) is 0 Å². The number of H-pyrrole nitrogens is 1. The van der Waals surface area contributed by atoms with Crippen LogP contribution in [0.5, 0.6) is 5.75 Å². The highest BCUT2D eigenvalue weighted by Gasteiger charge is 2.18. The molecule has 0 unspecified atom stereocenters. The highest BCUT2D eigenvalue weighted by atomic mass is 35.5. The number of hydrogen-bond donors (Lipinski definition) is 2. The summed E-state index contributed by atoms with van der Waals surface area (Å²) in [7, 11) is 1.54. The van der Waals surface area contributed by atoms with Gasteiger partial charge >= 0.3 is 5.16 Å². The van der Waals surface area contributed by atoms with Crippen LogP contribution in [0.2, 0.25) is 5.02 Å². The molecule has 0 aliphatic carbocycles. The number of nitrogens with zero attached hydrogens (tertiary/aromatic N) is 2. The van der Waals surface area contributed by atoms with Crippen LogP contribution in [0.15, 0.2) is 60.0 Å². The Morgan fingerprint density at radius 1 is 1.32 bits per heavy atom. The second-order valence-corrected chi connectivity index (χ2v) is 6.38. The van der Waals surface area contributed by atoms with Crippen molar-refractivity contribution in [2.45, 2.75) is 5.16 Å². The van der Waals surface area contributed by atoms with E-state index < -0.39 is 0 Å². The van der Waals surface area contributed by atoms with E-state index in [0.29, 0.717) is 21.6 Å². The molecule has 8 heteroatoms. The predicted molar refractivity (Wildman–Crippen MR) is 97.5 cm³/mol. The summed E-state index contributed by atoms with van der Waals surface area (Å²) < 4.78 is 6.91. The van der Waals surface area contributed by atoms with Gasteiger partial charge in [-0.1, -0.05) is 29.8 Å². The minimum Gasteiger partial charge on any atom is -0.495 e. The lowest BCUT2D eigenvalue weighted by atomic mass is 10.3. The molecule has 25 heavy (non-hydrogen) atoms. The molecule has 0 aliphatic rings. The van der Waals surface area contributed by atoms with Gasteiger partial charge in [-0.05, 0) is 47.1 Å². The van der Waals surface area contributed by atoms with Gasteiger partial charge in [-0.15, -0.1) is 4.68 Å². The molecule has 1 heterocycles. The number of carbonyl (C=O) groups excluding carboxylic acids is 1. The second-order valence-electron chi connectivity index (χ2n) is 5.03. The predicted octanol–water partition coefficient (Wildman–Crippen LogP) is 3.08. The summed E-state index contributed by atoms with van der Waals surface area (Å²) in [6.07, 6.45) is 1.59. The molecule has 0 fully saturated rings. The van der Waals surface area contributed by atoms with Crippen molar-refractivity contribution in [3.05, 3.63) is 59.9 Å². The fourth-order valence-corrected chi connectivity index (χ4v) is 3.19. The van der Waals surface area contributed by atoms with Crippen molar-refractivity contribution in [2.24, 2.45) is 0 Å². The number of anilines is 1. The fourth-order valence-electron chi connectivity index (χ4n) is 2.19. The molecule has 2 aromatic carbocycles. The number of aromatic nitrogens is 3. The van der Waals surface area contributed by atoms with Gasteiger partial charge in [0.05, 0.1) is 17.9 Å². The van der Waals surface area contributed by atoms with E-state index in [1.807, 2.05) is 35.0 Å². The summed E-state index contributed by atoms with van der Waals surface area (Å²) in [4.78, 5) is 16.4. The number of thioether (sulfide) groups is 1. The van der Waals surface area contributed by atoms with Crippen LogP contribution < -0.4 is 14.7 Å². The first kappa shape index (κ1) is 17.3. The van der Waals surface area contributed by atoms with Gasteiger partial charge in [-0.25, -0.2) is 0 Å². The molecular weight excluding hydrogens is 360 g/mol. The Kier molecular flexibility index (Phi) is 5.57. The van der Waals surface area contributed by atoms with Crippen LogP contribution in [-0.4, -0.2) is 28.9 Å². The van der Waals surface area contributed by atoms with E-state index in [-0.39, 0.29) is 11.7 Å². The number of aromatic amines is 1. The number of methoxy groups -OCH3 is 1. The molecule has 0 atom stereocenters. The summed E-state index contributed by atoms with van der Waals surface area (Å²) in [5.41, 5.74) is 1.57. The molecule has 6 nitrogen and oxygen atoms in total. The quantitative estimate of drug-likeness (QED) is 0.513. The monoisotopic (exact) mass is 375 g/mol. The summed E-state index contributed by atoms with van der Waals surface area (Å²) in [6, 6.07) is 14.9. The Morgan fingerprint density at radius 3 is 2.84 bits per heavy atom. The third kappa shape index (κ3) is 4.32. The number of halogens is 1. The normalized spacial score (nSPS) is 10.5. The summed E-state index contributed by atoms with van der Waals surface area (Å²) in [5.74, 6) is 0.643. The molecule has 0 saturated carbocycles. The molecule has 0 spiro atoms. The van der Waals surface area contributed by atoms with E-state index in [1.165, 1.54) is 11.8 Å². The number of nitrogens with one attached hydrogen (secondary N) is 2. The number of carbonyl (C=O) groups is 1. The van der Waals surface area contributed by atoms with Gasteiger partial charge in [-0.2, -0.15) is 5.10 Å². The third-order valence-electron chi connectivity index (χ3n) is 3.34. The van der Waals surface area contributed by atoms with Gasteiger partial charge in [-0.3, -0.25) is 4.79 Å². The lowest BCUT2D eigenvalue weighted by Crippen LogP contribution is -2.35. The lowest BCUT2D eigenvalue weighted by Gasteiger charge is -2.07. The van der Waals surface area contributed by atoms with Gasteiger partial charge in [0.2, 0.25) is 12.2 Å². The summed E-state index contributed by atoms with van der Waals surface area (Å²) in [5, 5.41) is 7.00. The van der Waals surface area contributed by atoms with Crippen LogP contribution in [0.4, 0.5) is 5.69 Å². The minimum atomic E-state index is -0.145. The van der Waals surface area contributed by atoms with Crippen LogP contribution >= 0.6 is 23.4 Å². The first-order valence-corrected chi connectivity index (χ1v) is 8.81. The summed E-state index contributed by atoms with van der Waals surface area (Å²) >= 11 is 7.40. The maximum Gasteiger partial charge on any atom is 0.385 e. The number of para-hydroxylation sites is 1. The molecule has 1 amide bonds. The molecular formula is C17H16ClN4O2S+. The molecule has 0 saturated heterocycles. The highest BCUT2D eigenvalue weighted by molar-refractivity contribution is 7.99. The Labute approximate surface area is 154 Å². The van der Waals surface area contributed by atoms with Gasteiger partial charge in [0.25, 0.3) is 0 Å². The van der Waals surface area contributed by atoms with Crippen molar-refractivity contribution in [1.82, 2.24) is 10.1 Å². The maximum atomic E-state index is 12.2. The Balaban J connectivity index is 1.62. The molecule has 0 radical (unpaired) electrons. The SMILES string of the molecule is COc1ccc(NC(=O)CSc2nc[nH][n+]2-c2ccccc2)cc1Cl. The van der Waals surface area contributed by atoms with Crippen molar-refractivity contribution < 1.29 is 14.2 Å². The maximum absolute atomic E-state index is 12.2. The van der Waals surface area contributed by atoms with Crippen LogP contribution in [-0.2, 0) is 4.79 Å². The van der Waals surface area contributed by atoms with E-state index in [1.54, 1.807) is 31.6 Å². The lowest BCUT2D eigenvalue weighted by molar-refractivity contribution is -0.694. The van der Waals surface area contributed by atoms with Gasteiger partial charge in [0, 0.05) is 5.69 Å². The summed E-state index contributed by atoms with van der Waals surface area (Å²) in [6.45, 7) is 0. The average molecular weight is 376 g/mol. The third-order valence-corrected chi connectivity index (χ3v) is 4.58. The second kappa shape index (κ2) is 8.04. The number of amides is 1. The van der Waals surface area contributed by atoms with Gasteiger partial charge in [0.15, 0.2) is 5.69 Å². The Hall–Kier alpha value is -2.51. The zero-order chi connectivity index (χ0) is 17.6. The highest BCUT2D eigenvalue weighted by Crippen LogP contribution is 2.27. The van der Waals surface area contributed by atoms with Crippen molar-refractivity contribution in [2.75, 3.05) is 18.2 Å². The fraction of sp³-hybridized carbons (Fsp3) is 0.118.